The number of ether oxygens (including phenoxy) is 1. The molecule has 0 saturated carbocycles. The van der Waals surface area contributed by atoms with Crippen molar-refractivity contribution in [3.63, 3.8) is 0 Å². The van der Waals surface area contributed by atoms with Crippen LogP contribution >= 0.6 is 23.1 Å². The Morgan fingerprint density at radius 1 is 1.48 bits per heavy atom. The van der Waals surface area contributed by atoms with Gasteiger partial charge in [-0.25, -0.2) is 4.98 Å². The van der Waals surface area contributed by atoms with Gasteiger partial charge in [-0.05, 0) is 11.4 Å². The molecule has 0 aromatic carbocycles. The Balaban J connectivity index is 1.74. The van der Waals surface area contributed by atoms with Crippen LogP contribution in [-0.2, 0) is 16.6 Å². The van der Waals surface area contributed by atoms with Crippen LogP contribution in [0.2, 0.25) is 0 Å². The summed E-state index contributed by atoms with van der Waals surface area (Å²) < 4.78 is 7.39. The van der Waals surface area contributed by atoms with Gasteiger partial charge in [-0.15, -0.1) is 11.3 Å². The zero-order valence-electron chi connectivity index (χ0n) is 11.6. The van der Waals surface area contributed by atoms with Gasteiger partial charge < -0.3 is 9.64 Å². The van der Waals surface area contributed by atoms with Crippen LogP contribution < -0.4 is 5.56 Å². The molecule has 1 fully saturated rings. The lowest BCUT2D eigenvalue weighted by molar-refractivity contribution is -0.132. The molecule has 0 bridgehead atoms. The van der Waals surface area contributed by atoms with Gasteiger partial charge in [-0.1, -0.05) is 11.8 Å². The summed E-state index contributed by atoms with van der Waals surface area (Å²) in [6, 6.07) is 1.83. The highest BCUT2D eigenvalue weighted by Crippen LogP contribution is 2.20. The van der Waals surface area contributed by atoms with Crippen molar-refractivity contribution in [1.29, 1.82) is 0 Å². The Kier molecular flexibility index (Phi) is 4.27. The summed E-state index contributed by atoms with van der Waals surface area (Å²) in [5.74, 6) is 0.346. The first-order valence-electron chi connectivity index (χ1n) is 6.59. The first-order valence-corrected chi connectivity index (χ1v) is 8.46. The van der Waals surface area contributed by atoms with Gasteiger partial charge in [-0.3, -0.25) is 14.2 Å². The van der Waals surface area contributed by atoms with Crippen LogP contribution in [0.1, 0.15) is 0 Å². The molecule has 0 atom stereocenters. The highest BCUT2D eigenvalue weighted by atomic mass is 32.2. The largest absolute Gasteiger partial charge is 0.378 e. The average molecular weight is 325 g/mol. The highest BCUT2D eigenvalue weighted by molar-refractivity contribution is 7.99. The van der Waals surface area contributed by atoms with Crippen molar-refractivity contribution < 1.29 is 9.53 Å². The Hall–Kier alpha value is -1.38. The first kappa shape index (κ1) is 14.6. The number of nitrogens with zero attached hydrogens (tertiary/aromatic N) is 3. The van der Waals surface area contributed by atoms with E-state index in [1.54, 1.807) is 11.9 Å². The molecule has 1 saturated heterocycles. The minimum atomic E-state index is -0.0590. The molecule has 8 heteroatoms. The van der Waals surface area contributed by atoms with Crippen molar-refractivity contribution >= 4 is 39.2 Å². The molecule has 0 N–H and O–H groups in total. The van der Waals surface area contributed by atoms with Crippen molar-refractivity contribution in [3.8, 4) is 0 Å². The predicted octanol–water partition coefficient (Wildman–Crippen LogP) is 0.946. The number of hydrogen-bond acceptors (Lipinski definition) is 6. The lowest BCUT2D eigenvalue weighted by atomic mass is 10.4. The third kappa shape index (κ3) is 2.97. The number of rotatable bonds is 3. The zero-order valence-corrected chi connectivity index (χ0v) is 13.2. The average Bonchev–Trinajstić information content (AvgIpc) is 2.98. The molecule has 6 nitrogen and oxygen atoms in total. The van der Waals surface area contributed by atoms with E-state index >= 15 is 0 Å². The van der Waals surface area contributed by atoms with Gasteiger partial charge in [0.2, 0.25) is 5.91 Å². The van der Waals surface area contributed by atoms with Crippen molar-refractivity contribution in [3.05, 3.63) is 21.8 Å². The summed E-state index contributed by atoms with van der Waals surface area (Å²) in [5.41, 5.74) is 0.640. The number of carbonyl (C=O) groups is 1. The summed E-state index contributed by atoms with van der Waals surface area (Å²) in [6.07, 6.45) is 0. The van der Waals surface area contributed by atoms with E-state index < -0.39 is 0 Å². The second-order valence-electron chi connectivity index (χ2n) is 4.68. The fourth-order valence-corrected chi connectivity index (χ4v) is 3.81. The molecule has 2 aromatic heterocycles. The van der Waals surface area contributed by atoms with Gasteiger partial charge in [0.15, 0.2) is 5.16 Å². The second-order valence-corrected chi connectivity index (χ2v) is 6.53. The van der Waals surface area contributed by atoms with Gasteiger partial charge in [0.1, 0.15) is 4.70 Å². The number of hydrogen-bond donors (Lipinski definition) is 0. The van der Waals surface area contributed by atoms with E-state index in [4.69, 9.17) is 4.74 Å². The van der Waals surface area contributed by atoms with E-state index in [0.29, 0.717) is 41.7 Å². The third-order valence-corrected chi connectivity index (χ3v) is 5.24. The van der Waals surface area contributed by atoms with Crippen LogP contribution in [0.15, 0.2) is 21.4 Å². The second kappa shape index (κ2) is 6.17. The van der Waals surface area contributed by atoms with Crippen LogP contribution in [0, 0.1) is 0 Å². The Morgan fingerprint density at radius 2 is 2.24 bits per heavy atom. The molecule has 0 radical (unpaired) electrons. The van der Waals surface area contributed by atoms with Crippen molar-refractivity contribution in [2.75, 3.05) is 32.1 Å². The van der Waals surface area contributed by atoms with Crippen LogP contribution in [0.5, 0.6) is 0 Å². The number of fused-ring (bicyclic) bond motifs is 1. The van der Waals surface area contributed by atoms with Gasteiger partial charge in [0.05, 0.1) is 24.5 Å². The van der Waals surface area contributed by atoms with Crippen molar-refractivity contribution in [2.45, 2.75) is 5.16 Å². The normalized spacial score (nSPS) is 15.6. The molecule has 1 amide bonds. The molecule has 0 spiro atoms. The van der Waals surface area contributed by atoms with E-state index in [2.05, 4.69) is 4.98 Å². The molecule has 21 heavy (non-hydrogen) atoms. The standard InChI is InChI=1S/C13H15N3O3S2/c1-15-12(18)11-9(2-7-20-11)14-13(15)21-8-10(17)16-3-5-19-6-4-16/h2,7H,3-6,8H2,1H3. The fraction of sp³-hybridized carbons (Fsp3) is 0.462. The van der Waals surface area contributed by atoms with E-state index in [1.165, 1.54) is 27.7 Å². The predicted molar refractivity (Wildman–Crippen MR) is 83.0 cm³/mol. The van der Waals surface area contributed by atoms with Crippen LogP contribution in [0.3, 0.4) is 0 Å². The van der Waals surface area contributed by atoms with Crippen molar-refractivity contribution in [1.82, 2.24) is 14.5 Å². The monoisotopic (exact) mass is 325 g/mol. The van der Waals surface area contributed by atoms with Crippen LogP contribution in [0.25, 0.3) is 10.2 Å². The van der Waals surface area contributed by atoms with Gasteiger partial charge in [0.25, 0.3) is 5.56 Å². The number of carbonyl (C=O) groups excluding carboxylic acids is 1. The van der Waals surface area contributed by atoms with E-state index in [-0.39, 0.29) is 17.2 Å². The molecule has 0 aliphatic carbocycles. The molecule has 2 aromatic rings. The van der Waals surface area contributed by atoms with E-state index in [1.807, 2.05) is 11.4 Å². The van der Waals surface area contributed by atoms with E-state index in [9.17, 15) is 9.59 Å². The number of morpholine rings is 1. The zero-order chi connectivity index (χ0) is 14.8. The molecule has 0 unspecified atom stereocenters. The summed E-state index contributed by atoms with van der Waals surface area (Å²) in [7, 11) is 1.69. The smallest absolute Gasteiger partial charge is 0.271 e. The van der Waals surface area contributed by atoms with Gasteiger partial charge in [-0.2, -0.15) is 0 Å². The Morgan fingerprint density at radius 3 is 3.00 bits per heavy atom. The maximum absolute atomic E-state index is 12.2. The topological polar surface area (TPSA) is 64.4 Å². The lowest BCUT2D eigenvalue weighted by Crippen LogP contribution is -2.41. The number of thioether (sulfide) groups is 1. The highest BCUT2D eigenvalue weighted by Gasteiger charge is 2.18. The number of aromatic nitrogens is 2. The minimum absolute atomic E-state index is 0.0583. The Bertz CT molecular complexity index is 719. The first-order chi connectivity index (χ1) is 10.2. The molecular formula is C13H15N3O3S2. The van der Waals surface area contributed by atoms with Crippen LogP contribution in [-0.4, -0.2) is 52.4 Å². The minimum Gasteiger partial charge on any atom is -0.378 e. The fourth-order valence-electron chi connectivity index (χ4n) is 2.13. The van der Waals surface area contributed by atoms with Gasteiger partial charge >= 0.3 is 0 Å². The molecule has 3 rings (SSSR count). The summed E-state index contributed by atoms with van der Waals surface area (Å²) in [5, 5.41) is 2.43. The Labute approximate surface area is 129 Å². The molecule has 112 valence electrons. The molecule has 1 aliphatic rings. The lowest BCUT2D eigenvalue weighted by Gasteiger charge is -2.26. The quantitative estimate of drug-likeness (QED) is 0.621. The number of thiophene rings is 1. The SMILES string of the molecule is Cn1c(SCC(=O)N2CCOCC2)nc2ccsc2c1=O. The van der Waals surface area contributed by atoms with Crippen LogP contribution in [0.4, 0.5) is 0 Å². The summed E-state index contributed by atoms with van der Waals surface area (Å²) >= 11 is 2.70. The molecule has 1 aliphatic heterocycles. The summed E-state index contributed by atoms with van der Waals surface area (Å²) in [4.78, 5) is 30.5. The molecular weight excluding hydrogens is 310 g/mol. The molecule has 3 heterocycles. The van der Waals surface area contributed by atoms with Crippen molar-refractivity contribution in [2.24, 2.45) is 7.05 Å². The third-order valence-electron chi connectivity index (χ3n) is 3.33. The summed E-state index contributed by atoms with van der Waals surface area (Å²) in [6.45, 7) is 2.45. The maximum Gasteiger partial charge on any atom is 0.271 e. The van der Waals surface area contributed by atoms with E-state index in [0.717, 1.165) is 0 Å². The number of amides is 1. The van der Waals surface area contributed by atoms with Gasteiger partial charge in [0, 0.05) is 20.1 Å². The maximum atomic E-state index is 12.2.